The topological polar surface area (TPSA) is 59.0 Å². The number of hydrogen-bond acceptors (Lipinski definition) is 3. The van der Waals surface area contributed by atoms with Gasteiger partial charge in [-0.3, -0.25) is 4.79 Å². The van der Waals surface area contributed by atoms with E-state index in [1.165, 1.54) is 0 Å². The van der Waals surface area contributed by atoms with Gasteiger partial charge in [0.15, 0.2) is 0 Å². The van der Waals surface area contributed by atoms with E-state index in [1.807, 2.05) is 12.5 Å². The van der Waals surface area contributed by atoms with Gasteiger partial charge in [-0.25, -0.2) is 4.98 Å². The Hall–Kier alpha value is -1.36. The van der Waals surface area contributed by atoms with Gasteiger partial charge in [-0.1, -0.05) is 0 Å². The first-order chi connectivity index (χ1) is 8.36. The molecule has 0 bridgehead atoms. The van der Waals surface area contributed by atoms with Crippen molar-refractivity contribution < 1.29 is 4.79 Å². The van der Waals surface area contributed by atoms with Crippen LogP contribution < -0.4 is 10.6 Å². The maximum absolute atomic E-state index is 11.3. The number of aryl methyl sites for hydroxylation is 1. The van der Waals surface area contributed by atoms with Gasteiger partial charge < -0.3 is 15.2 Å². The van der Waals surface area contributed by atoms with E-state index in [9.17, 15) is 4.79 Å². The minimum absolute atomic E-state index is 0.227. The Bertz CT molecular complexity index is 332. The Morgan fingerprint density at radius 3 is 2.94 bits per heavy atom. The van der Waals surface area contributed by atoms with Crippen LogP contribution >= 0.6 is 0 Å². The second kappa shape index (κ2) is 6.39. The first-order valence-corrected chi connectivity index (χ1v) is 6.30. The maximum atomic E-state index is 11.3. The number of imidazole rings is 1. The smallest absolute Gasteiger partial charge is 0.223 e. The summed E-state index contributed by atoms with van der Waals surface area (Å²) in [6.45, 7) is 3.54. The van der Waals surface area contributed by atoms with E-state index >= 15 is 0 Å². The van der Waals surface area contributed by atoms with E-state index < -0.39 is 0 Å². The molecule has 1 fully saturated rings. The molecule has 5 heteroatoms. The van der Waals surface area contributed by atoms with Crippen molar-refractivity contribution in [2.24, 2.45) is 5.92 Å². The predicted octanol–water partition coefficient (Wildman–Crippen LogP) is 0.389. The molecule has 1 aliphatic rings. The van der Waals surface area contributed by atoms with Gasteiger partial charge in [0.1, 0.15) is 0 Å². The third-order valence-electron chi connectivity index (χ3n) is 2.88. The minimum Gasteiger partial charge on any atom is -0.355 e. The lowest BCUT2D eigenvalue weighted by atomic mass is 10.4. The Morgan fingerprint density at radius 2 is 2.24 bits per heavy atom. The SMILES string of the molecule is O=C(NCCNCCCn1ccnc1)C1CC1. The van der Waals surface area contributed by atoms with E-state index in [0.29, 0.717) is 5.92 Å². The number of rotatable bonds is 8. The molecule has 0 atom stereocenters. The molecular formula is C12H20N4O. The zero-order valence-electron chi connectivity index (χ0n) is 10.1. The second-order valence-corrected chi connectivity index (χ2v) is 4.47. The number of nitrogens with zero attached hydrogens (tertiary/aromatic N) is 2. The van der Waals surface area contributed by atoms with Crippen molar-refractivity contribution in [3.05, 3.63) is 18.7 Å². The Labute approximate surface area is 102 Å². The molecule has 0 aliphatic heterocycles. The fourth-order valence-electron chi connectivity index (χ4n) is 1.69. The van der Waals surface area contributed by atoms with Crippen molar-refractivity contribution in [3.63, 3.8) is 0 Å². The molecule has 1 heterocycles. The highest BCUT2D eigenvalue weighted by Gasteiger charge is 2.28. The molecule has 2 rings (SSSR count). The van der Waals surface area contributed by atoms with Gasteiger partial charge in [0.05, 0.1) is 6.33 Å². The molecule has 1 amide bonds. The first-order valence-electron chi connectivity index (χ1n) is 6.30. The normalized spacial score (nSPS) is 14.8. The molecule has 0 spiro atoms. The standard InChI is InChI=1S/C12H20N4O/c17-12(11-2-3-11)15-6-5-13-4-1-8-16-9-7-14-10-16/h7,9-11,13H,1-6,8H2,(H,15,17). The fraction of sp³-hybridized carbons (Fsp3) is 0.667. The molecule has 94 valence electrons. The molecule has 17 heavy (non-hydrogen) atoms. The van der Waals surface area contributed by atoms with Crippen molar-refractivity contribution >= 4 is 5.91 Å². The Morgan fingerprint density at radius 1 is 1.35 bits per heavy atom. The summed E-state index contributed by atoms with van der Waals surface area (Å²) in [6, 6.07) is 0. The third kappa shape index (κ3) is 4.56. The van der Waals surface area contributed by atoms with E-state index in [1.54, 1.807) is 6.20 Å². The van der Waals surface area contributed by atoms with Crippen molar-refractivity contribution in [2.75, 3.05) is 19.6 Å². The molecule has 0 aromatic carbocycles. The van der Waals surface area contributed by atoms with Gasteiger partial charge in [-0.2, -0.15) is 0 Å². The van der Waals surface area contributed by atoms with Crippen molar-refractivity contribution in [2.45, 2.75) is 25.8 Å². The number of hydrogen-bond donors (Lipinski definition) is 2. The summed E-state index contributed by atoms with van der Waals surface area (Å²) in [6.07, 6.45) is 8.81. The van der Waals surface area contributed by atoms with E-state index in [0.717, 1.165) is 45.4 Å². The number of carbonyl (C=O) groups is 1. The maximum Gasteiger partial charge on any atom is 0.223 e. The lowest BCUT2D eigenvalue weighted by Gasteiger charge is -2.06. The van der Waals surface area contributed by atoms with Crippen LogP contribution in [0.2, 0.25) is 0 Å². The first kappa shape index (κ1) is 12.1. The van der Waals surface area contributed by atoms with Crippen LogP contribution in [0.25, 0.3) is 0 Å². The zero-order chi connectivity index (χ0) is 11.9. The van der Waals surface area contributed by atoms with E-state index in [2.05, 4.69) is 20.2 Å². The Kier molecular flexibility index (Phi) is 4.55. The summed E-state index contributed by atoms with van der Waals surface area (Å²) in [5.41, 5.74) is 0. The van der Waals surface area contributed by atoms with Crippen LogP contribution in [-0.4, -0.2) is 35.1 Å². The van der Waals surface area contributed by atoms with Crippen molar-refractivity contribution in [1.82, 2.24) is 20.2 Å². The molecule has 1 saturated carbocycles. The predicted molar refractivity (Wildman–Crippen MR) is 65.4 cm³/mol. The quantitative estimate of drug-likeness (QED) is 0.642. The number of carbonyl (C=O) groups excluding carboxylic acids is 1. The average Bonchev–Trinajstić information content (AvgIpc) is 3.06. The highest BCUT2D eigenvalue weighted by atomic mass is 16.2. The summed E-state index contributed by atoms with van der Waals surface area (Å²) in [5, 5.41) is 6.25. The van der Waals surface area contributed by atoms with Crippen LogP contribution in [0.1, 0.15) is 19.3 Å². The second-order valence-electron chi connectivity index (χ2n) is 4.47. The summed E-state index contributed by atoms with van der Waals surface area (Å²) >= 11 is 0. The largest absolute Gasteiger partial charge is 0.355 e. The van der Waals surface area contributed by atoms with Crippen LogP contribution in [0.4, 0.5) is 0 Å². The molecule has 2 N–H and O–H groups in total. The fourth-order valence-corrected chi connectivity index (χ4v) is 1.69. The van der Waals surface area contributed by atoms with Gasteiger partial charge in [-0.05, 0) is 25.8 Å². The molecule has 1 aromatic rings. The van der Waals surface area contributed by atoms with Gasteiger partial charge in [0.2, 0.25) is 5.91 Å². The number of aromatic nitrogens is 2. The number of amides is 1. The van der Waals surface area contributed by atoms with Crippen LogP contribution in [0.3, 0.4) is 0 Å². The summed E-state index contributed by atoms with van der Waals surface area (Å²) in [7, 11) is 0. The highest BCUT2D eigenvalue weighted by molar-refractivity contribution is 5.80. The van der Waals surface area contributed by atoms with Crippen LogP contribution in [0.15, 0.2) is 18.7 Å². The average molecular weight is 236 g/mol. The summed E-state index contributed by atoms with van der Waals surface area (Å²) in [4.78, 5) is 15.3. The van der Waals surface area contributed by atoms with Gasteiger partial charge >= 0.3 is 0 Å². The summed E-state index contributed by atoms with van der Waals surface area (Å²) < 4.78 is 2.07. The highest BCUT2D eigenvalue weighted by Crippen LogP contribution is 2.28. The molecule has 0 radical (unpaired) electrons. The van der Waals surface area contributed by atoms with Crippen LogP contribution in [0, 0.1) is 5.92 Å². The van der Waals surface area contributed by atoms with Crippen molar-refractivity contribution in [3.8, 4) is 0 Å². The lowest BCUT2D eigenvalue weighted by Crippen LogP contribution is -2.33. The van der Waals surface area contributed by atoms with Gasteiger partial charge in [0, 0.05) is 37.9 Å². The van der Waals surface area contributed by atoms with Crippen LogP contribution in [0.5, 0.6) is 0 Å². The third-order valence-corrected chi connectivity index (χ3v) is 2.88. The molecule has 1 aliphatic carbocycles. The van der Waals surface area contributed by atoms with E-state index in [-0.39, 0.29) is 5.91 Å². The minimum atomic E-state index is 0.227. The zero-order valence-corrected chi connectivity index (χ0v) is 10.1. The van der Waals surface area contributed by atoms with Gasteiger partial charge in [-0.15, -0.1) is 0 Å². The molecule has 0 saturated heterocycles. The Balaban J connectivity index is 1.40. The van der Waals surface area contributed by atoms with Crippen LogP contribution in [-0.2, 0) is 11.3 Å². The van der Waals surface area contributed by atoms with Gasteiger partial charge in [0.25, 0.3) is 0 Å². The number of nitrogens with one attached hydrogen (secondary N) is 2. The monoisotopic (exact) mass is 236 g/mol. The lowest BCUT2D eigenvalue weighted by molar-refractivity contribution is -0.122. The summed E-state index contributed by atoms with van der Waals surface area (Å²) in [5.74, 6) is 0.543. The molecule has 1 aromatic heterocycles. The van der Waals surface area contributed by atoms with E-state index in [4.69, 9.17) is 0 Å². The molecular weight excluding hydrogens is 216 g/mol. The van der Waals surface area contributed by atoms with Crippen molar-refractivity contribution in [1.29, 1.82) is 0 Å². The molecule has 5 nitrogen and oxygen atoms in total. The molecule has 0 unspecified atom stereocenters.